The smallest absolute Gasteiger partial charge is 0.333 e. The van der Waals surface area contributed by atoms with Gasteiger partial charge in [-0.15, -0.1) is 0 Å². The predicted molar refractivity (Wildman–Crippen MR) is 130 cm³/mol. The number of hydrogen-bond donors (Lipinski definition) is 0. The lowest BCUT2D eigenvalue weighted by Crippen LogP contribution is -2.04. The van der Waals surface area contributed by atoms with Crippen LogP contribution in [-0.4, -0.2) is 39.3 Å². The van der Waals surface area contributed by atoms with Gasteiger partial charge in [0.2, 0.25) is 0 Å². The number of benzene rings is 1. The van der Waals surface area contributed by atoms with Crippen LogP contribution < -0.4 is 0 Å². The van der Waals surface area contributed by atoms with Crippen LogP contribution in [-0.2, 0) is 26.7 Å². The Kier molecular flexibility index (Phi) is 5.45. The van der Waals surface area contributed by atoms with Gasteiger partial charge < -0.3 is 4.57 Å². The lowest BCUT2D eigenvalue weighted by molar-refractivity contribution is -0.140. The van der Waals surface area contributed by atoms with Crippen molar-refractivity contribution in [2.45, 2.75) is 31.4 Å². The van der Waals surface area contributed by atoms with Gasteiger partial charge >= 0.3 is 6.18 Å². The third-order valence-electron chi connectivity index (χ3n) is 6.58. The molecule has 0 N–H and O–H groups in total. The molecule has 0 atom stereocenters. The highest BCUT2D eigenvalue weighted by atomic mass is 19.4. The van der Waals surface area contributed by atoms with Gasteiger partial charge in [0, 0.05) is 38.2 Å². The van der Waals surface area contributed by atoms with Gasteiger partial charge in [0.05, 0.1) is 23.1 Å². The van der Waals surface area contributed by atoms with Crippen LogP contribution in [0.3, 0.4) is 0 Å². The molecule has 1 saturated carbocycles. The fourth-order valence-electron chi connectivity index (χ4n) is 4.55. The lowest BCUT2D eigenvalue weighted by Gasteiger charge is -2.08. The maximum Gasteiger partial charge on any atom is 0.434 e. The predicted octanol–water partition coefficient (Wildman–Crippen LogP) is 4.58. The summed E-state index contributed by atoms with van der Waals surface area (Å²) in [6.07, 6.45) is 2.00. The van der Waals surface area contributed by atoms with Gasteiger partial charge in [0.25, 0.3) is 0 Å². The molecule has 0 unspecified atom stereocenters. The van der Waals surface area contributed by atoms with Crippen molar-refractivity contribution in [3.05, 3.63) is 71.3 Å². The Morgan fingerprint density at radius 2 is 1.82 bits per heavy atom. The second-order valence-corrected chi connectivity index (χ2v) is 9.30. The Labute approximate surface area is 214 Å². The quantitative estimate of drug-likeness (QED) is 0.337. The molecule has 4 aromatic heterocycles. The van der Waals surface area contributed by atoms with E-state index in [1.165, 1.54) is 17.9 Å². The van der Waals surface area contributed by atoms with Crippen LogP contribution in [0.4, 0.5) is 13.2 Å². The fourth-order valence-corrected chi connectivity index (χ4v) is 4.55. The van der Waals surface area contributed by atoms with E-state index in [0.29, 0.717) is 34.6 Å². The molecule has 1 aliphatic carbocycles. The molecule has 0 aliphatic heterocycles. The van der Waals surface area contributed by atoms with Gasteiger partial charge in [-0.05, 0) is 18.4 Å². The number of nitrogens with zero attached hydrogens (tertiary/aromatic N) is 9. The Hall–Kier alpha value is -4.66. The number of nitriles is 1. The van der Waals surface area contributed by atoms with Gasteiger partial charge in [-0.25, -0.2) is 24.9 Å². The minimum Gasteiger partial charge on any atom is -0.333 e. The maximum absolute atomic E-state index is 13.1. The Bertz CT molecular complexity index is 1720. The number of aromatic nitrogens is 8. The molecule has 0 saturated heterocycles. The molecule has 5 aromatic rings. The molecule has 4 heterocycles. The third-order valence-corrected chi connectivity index (χ3v) is 6.58. The van der Waals surface area contributed by atoms with E-state index >= 15 is 0 Å². The SMILES string of the molecule is Cn1cc(C(F)(F)F)nc1-c1ccc(Cc2nn(C)c3cnc(-c4c(C#N)ncnc4C4CC4)nc23)cc1. The van der Waals surface area contributed by atoms with Crippen LogP contribution in [0.25, 0.3) is 33.8 Å². The summed E-state index contributed by atoms with van der Waals surface area (Å²) in [6.45, 7) is 0. The molecule has 12 heteroatoms. The fraction of sp³-hybridized carbons (Fsp3) is 0.269. The zero-order valence-electron chi connectivity index (χ0n) is 20.4. The highest BCUT2D eigenvalue weighted by molar-refractivity contribution is 5.80. The van der Waals surface area contributed by atoms with Crippen molar-refractivity contribution in [3.63, 3.8) is 0 Å². The number of imidazole rings is 1. The normalized spacial score (nSPS) is 13.7. The first-order chi connectivity index (χ1) is 18.2. The first-order valence-corrected chi connectivity index (χ1v) is 11.9. The van der Waals surface area contributed by atoms with Crippen LogP contribution in [0, 0.1) is 11.3 Å². The van der Waals surface area contributed by atoms with E-state index in [1.807, 2.05) is 12.1 Å². The van der Waals surface area contributed by atoms with Crippen molar-refractivity contribution in [3.8, 4) is 28.8 Å². The molecule has 6 rings (SSSR count). The molecular weight excluding hydrogens is 495 g/mol. The summed E-state index contributed by atoms with van der Waals surface area (Å²) < 4.78 is 42.2. The van der Waals surface area contributed by atoms with E-state index in [0.717, 1.165) is 35.8 Å². The van der Waals surface area contributed by atoms with Crippen molar-refractivity contribution >= 4 is 11.0 Å². The number of halogens is 3. The third kappa shape index (κ3) is 4.15. The van der Waals surface area contributed by atoms with Crippen molar-refractivity contribution in [2.24, 2.45) is 14.1 Å². The highest BCUT2D eigenvalue weighted by Crippen LogP contribution is 2.43. The number of aryl methyl sites for hydroxylation is 2. The number of hydrogen-bond acceptors (Lipinski definition) is 7. The number of fused-ring (bicyclic) bond motifs is 1. The van der Waals surface area contributed by atoms with Crippen molar-refractivity contribution in [1.82, 2.24) is 39.3 Å². The molecule has 38 heavy (non-hydrogen) atoms. The van der Waals surface area contributed by atoms with Crippen LogP contribution >= 0.6 is 0 Å². The van der Waals surface area contributed by atoms with E-state index in [1.54, 1.807) is 30.1 Å². The first-order valence-electron chi connectivity index (χ1n) is 11.9. The molecule has 0 spiro atoms. The summed E-state index contributed by atoms with van der Waals surface area (Å²) in [5.41, 5.74) is 4.23. The summed E-state index contributed by atoms with van der Waals surface area (Å²) in [5, 5.41) is 14.3. The average Bonchev–Trinajstić information content (AvgIpc) is 3.61. The summed E-state index contributed by atoms with van der Waals surface area (Å²) in [7, 11) is 3.34. The van der Waals surface area contributed by atoms with E-state index in [4.69, 9.17) is 4.98 Å². The van der Waals surface area contributed by atoms with Gasteiger partial charge in [-0.1, -0.05) is 24.3 Å². The van der Waals surface area contributed by atoms with Crippen molar-refractivity contribution in [1.29, 1.82) is 5.26 Å². The van der Waals surface area contributed by atoms with Gasteiger partial charge in [0.15, 0.2) is 17.2 Å². The minimum absolute atomic E-state index is 0.231. The number of alkyl halides is 3. The second-order valence-electron chi connectivity index (χ2n) is 9.30. The summed E-state index contributed by atoms with van der Waals surface area (Å²) in [4.78, 5) is 21.6. The van der Waals surface area contributed by atoms with Gasteiger partial charge in [-0.3, -0.25) is 4.68 Å². The van der Waals surface area contributed by atoms with Crippen LogP contribution in [0.5, 0.6) is 0 Å². The van der Waals surface area contributed by atoms with Crippen molar-refractivity contribution in [2.75, 3.05) is 0 Å². The molecule has 0 radical (unpaired) electrons. The molecule has 1 fully saturated rings. The van der Waals surface area contributed by atoms with E-state index in [9.17, 15) is 18.4 Å². The highest BCUT2D eigenvalue weighted by Gasteiger charge is 2.34. The lowest BCUT2D eigenvalue weighted by atomic mass is 10.1. The van der Waals surface area contributed by atoms with Gasteiger partial charge in [0.1, 0.15) is 29.3 Å². The zero-order chi connectivity index (χ0) is 26.6. The largest absolute Gasteiger partial charge is 0.434 e. The Morgan fingerprint density at radius 1 is 1.05 bits per heavy atom. The molecular formula is C26H20F3N9. The summed E-state index contributed by atoms with van der Waals surface area (Å²) >= 11 is 0. The monoisotopic (exact) mass is 515 g/mol. The van der Waals surface area contributed by atoms with E-state index < -0.39 is 11.9 Å². The molecule has 0 bridgehead atoms. The van der Waals surface area contributed by atoms with E-state index in [2.05, 4.69) is 31.1 Å². The minimum atomic E-state index is -4.50. The topological polar surface area (TPSA) is 111 Å². The first kappa shape index (κ1) is 23.7. The Morgan fingerprint density at radius 3 is 2.47 bits per heavy atom. The molecule has 1 aliphatic rings. The van der Waals surface area contributed by atoms with Crippen LogP contribution in [0.1, 0.15) is 47.1 Å². The van der Waals surface area contributed by atoms with Crippen molar-refractivity contribution < 1.29 is 13.2 Å². The summed E-state index contributed by atoms with van der Waals surface area (Å²) in [6, 6.07) is 9.29. The summed E-state index contributed by atoms with van der Waals surface area (Å²) in [5.74, 6) is 0.892. The molecule has 0 amide bonds. The standard InChI is InChI=1S/C26H20F3N9/c1-37-12-20(26(27,28)29)34-25(37)16-5-3-14(4-6-16)9-17-23-19(38(2)36-17)11-31-24(35-23)21-18(10-30)32-13-33-22(21)15-7-8-15/h3-6,11-13,15H,7-9H2,1-2H3. The van der Waals surface area contributed by atoms with Gasteiger partial charge in [-0.2, -0.15) is 23.5 Å². The van der Waals surface area contributed by atoms with Crippen LogP contribution in [0.15, 0.2) is 43.0 Å². The maximum atomic E-state index is 13.1. The average molecular weight is 516 g/mol. The molecule has 1 aromatic carbocycles. The van der Waals surface area contributed by atoms with Crippen LogP contribution in [0.2, 0.25) is 0 Å². The Balaban J connectivity index is 1.34. The van der Waals surface area contributed by atoms with E-state index in [-0.39, 0.29) is 17.4 Å². The molecule has 190 valence electrons. The number of rotatable bonds is 5. The second kappa shape index (κ2) is 8.72. The zero-order valence-corrected chi connectivity index (χ0v) is 20.4. The molecule has 9 nitrogen and oxygen atoms in total.